The zero-order valence-corrected chi connectivity index (χ0v) is 26.8. The van der Waals surface area contributed by atoms with Gasteiger partial charge in [0.15, 0.2) is 0 Å². The van der Waals surface area contributed by atoms with Gasteiger partial charge >= 0.3 is 0 Å². The van der Waals surface area contributed by atoms with Gasteiger partial charge in [-0.25, -0.2) is 0 Å². The van der Waals surface area contributed by atoms with Crippen molar-refractivity contribution >= 4 is 43.7 Å². The van der Waals surface area contributed by atoms with E-state index in [0.29, 0.717) is 0 Å². The van der Waals surface area contributed by atoms with E-state index in [4.69, 9.17) is 4.42 Å². The largest absolute Gasteiger partial charge is 0.456 e. The molecule has 230 valence electrons. The monoisotopic (exact) mass is 617 g/mol. The van der Waals surface area contributed by atoms with Gasteiger partial charge in [-0.2, -0.15) is 0 Å². The Bertz CT molecular complexity index is 2620. The average Bonchev–Trinajstić information content (AvgIpc) is 3.76. The van der Waals surface area contributed by atoms with E-state index in [1.165, 1.54) is 92.6 Å². The number of rotatable bonds is 2. The summed E-state index contributed by atoms with van der Waals surface area (Å²) in [4.78, 5) is 0. The first-order valence-corrected chi connectivity index (χ1v) is 17.9. The second kappa shape index (κ2) is 9.08. The first-order chi connectivity index (χ1) is 23.8. The maximum atomic E-state index is 6.23. The standard InChI is InChI=1S/C46H35NO/c1-4-13-40-34(8-1)35-18-17-32(26-41(35)46(40)30-21-27-20-28(23-30)24-31(46)22-27)47-42-14-5-2-9-36(42)38-12-7-11-33(45(38)47)29-16-19-44-39(25-29)37-10-3-6-15-43(37)48-44/h1-19,25-28,30-31H,20-24H2. The summed E-state index contributed by atoms with van der Waals surface area (Å²) >= 11 is 0. The topological polar surface area (TPSA) is 18.1 Å². The molecular weight excluding hydrogens is 583 g/mol. The minimum Gasteiger partial charge on any atom is -0.456 e. The molecule has 2 aromatic heterocycles. The Morgan fingerprint density at radius 3 is 2.06 bits per heavy atom. The fourth-order valence-corrected chi connectivity index (χ4v) is 11.7. The van der Waals surface area contributed by atoms with Gasteiger partial charge in [-0.3, -0.25) is 0 Å². The van der Waals surface area contributed by atoms with Crippen molar-refractivity contribution in [1.29, 1.82) is 0 Å². The maximum Gasteiger partial charge on any atom is 0.135 e. The molecule has 6 aromatic carbocycles. The van der Waals surface area contributed by atoms with Crippen molar-refractivity contribution in [1.82, 2.24) is 4.57 Å². The molecule has 8 aromatic rings. The van der Waals surface area contributed by atoms with Gasteiger partial charge < -0.3 is 8.98 Å². The summed E-state index contributed by atoms with van der Waals surface area (Å²) in [7, 11) is 0. The second-order valence-corrected chi connectivity index (χ2v) is 15.3. The van der Waals surface area contributed by atoms with Crippen LogP contribution < -0.4 is 0 Å². The van der Waals surface area contributed by atoms with Gasteiger partial charge in [-0.05, 0) is 120 Å². The van der Waals surface area contributed by atoms with Gasteiger partial charge in [-0.15, -0.1) is 0 Å². The van der Waals surface area contributed by atoms with Gasteiger partial charge in [0.25, 0.3) is 0 Å². The Hall–Kier alpha value is -5.08. The van der Waals surface area contributed by atoms with Crippen molar-refractivity contribution in [3.63, 3.8) is 0 Å². The van der Waals surface area contributed by atoms with Crippen molar-refractivity contribution < 1.29 is 4.42 Å². The molecule has 0 aliphatic heterocycles. The molecule has 0 N–H and O–H groups in total. The van der Waals surface area contributed by atoms with E-state index in [9.17, 15) is 0 Å². The Morgan fingerprint density at radius 2 is 1.19 bits per heavy atom. The van der Waals surface area contributed by atoms with Crippen LogP contribution in [0.4, 0.5) is 0 Å². The van der Waals surface area contributed by atoms with Gasteiger partial charge in [0.2, 0.25) is 0 Å². The van der Waals surface area contributed by atoms with Crippen LogP contribution >= 0.6 is 0 Å². The quantitative estimate of drug-likeness (QED) is 0.189. The number of para-hydroxylation sites is 3. The number of hydrogen-bond acceptors (Lipinski definition) is 1. The van der Waals surface area contributed by atoms with Crippen LogP contribution in [0.25, 0.3) is 71.7 Å². The highest BCUT2D eigenvalue weighted by atomic mass is 16.3. The fraction of sp³-hybridized carbons (Fsp3) is 0.217. The zero-order valence-electron chi connectivity index (χ0n) is 26.8. The molecule has 0 amide bonds. The van der Waals surface area contributed by atoms with Crippen LogP contribution in [-0.4, -0.2) is 4.57 Å². The molecule has 4 bridgehead atoms. The van der Waals surface area contributed by atoms with E-state index in [2.05, 4.69) is 126 Å². The molecule has 4 saturated carbocycles. The summed E-state index contributed by atoms with van der Waals surface area (Å²) in [5.41, 5.74) is 14.5. The molecule has 0 atom stereocenters. The van der Waals surface area contributed by atoms with E-state index < -0.39 is 0 Å². The Kier molecular flexibility index (Phi) is 4.91. The molecule has 48 heavy (non-hydrogen) atoms. The maximum absolute atomic E-state index is 6.23. The lowest BCUT2D eigenvalue weighted by atomic mass is 9.43. The number of nitrogens with zero attached hydrogens (tertiary/aromatic N) is 1. The summed E-state index contributed by atoms with van der Waals surface area (Å²) in [5, 5.41) is 4.94. The van der Waals surface area contributed by atoms with Crippen molar-refractivity contribution in [3.05, 3.63) is 139 Å². The minimum atomic E-state index is 0.143. The van der Waals surface area contributed by atoms with E-state index in [1.54, 1.807) is 11.1 Å². The minimum absolute atomic E-state index is 0.143. The van der Waals surface area contributed by atoms with Crippen LogP contribution in [0.3, 0.4) is 0 Å². The molecule has 0 radical (unpaired) electrons. The summed E-state index contributed by atoms with van der Waals surface area (Å²) in [5.74, 6) is 3.36. The van der Waals surface area contributed by atoms with E-state index in [1.807, 2.05) is 6.07 Å². The Labute approximate surface area is 279 Å². The van der Waals surface area contributed by atoms with Crippen LogP contribution in [0, 0.1) is 23.7 Å². The van der Waals surface area contributed by atoms with Crippen molar-refractivity contribution in [2.45, 2.75) is 37.5 Å². The van der Waals surface area contributed by atoms with Gasteiger partial charge in [-0.1, -0.05) is 91.0 Å². The smallest absolute Gasteiger partial charge is 0.135 e. The van der Waals surface area contributed by atoms with Crippen LogP contribution in [0.2, 0.25) is 0 Å². The molecule has 4 fully saturated rings. The molecule has 0 saturated heterocycles. The molecule has 5 aliphatic carbocycles. The van der Waals surface area contributed by atoms with Crippen LogP contribution in [-0.2, 0) is 5.41 Å². The van der Waals surface area contributed by atoms with Crippen molar-refractivity contribution in [3.8, 4) is 27.9 Å². The van der Waals surface area contributed by atoms with Crippen molar-refractivity contribution in [2.24, 2.45) is 23.7 Å². The van der Waals surface area contributed by atoms with E-state index in [0.717, 1.165) is 34.8 Å². The third-order valence-electron chi connectivity index (χ3n) is 13.2. The zero-order chi connectivity index (χ0) is 31.1. The SMILES string of the molecule is c1ccc2c(c1)-c1ccc(-n3c4ccccc4c4cccc(-c5ccc6oc7ccccc7c6c5)c43)cc1C21C2CC3CC(C2)CC1C3. The van der Waals surface area contributed by atoms with Crippen molar-refractivity contribution in [2.75, 3.05) is 0 Å². The summed E-state index contributed by atoms with van der Waals surface area (Å²) in [6, 6.07) is 47.9. The Morgan fingerprint density at radius 1 is 0.500 bits per heavy atom. The predicted octanol–water partition coefficient (Wildman–Crippen LogP) is 12.1. The number of fused-ring (bicyclic) bond motifs is 9. The van der Waals surface area contributed by atoms with Crippen LogP contribution in [0.5, 0.6) is 0 Å². The van der Waals surface area contributed by atoms with Gasteiger partial charge in [0, 0.05) is 38.2 Å². The fourth-order valence-electron chi connectivity index (χ4n) is 11.7. The molecule has 1 spiro atoms. The lowest BCUT2D eigenvalue weighted by Crippen LogP contribution is -2.55. The lowest BCUT2D eigenvalue weighted by molar-refractivity contribution is -0.0399. The highest BCUT2D eigenvalue weighted by Crippen LogP contribution is 2.69. The third-order valence-corrected chi connectivity index (χ3v) is 13.2. The molecule has 0 unspecified atom stereocenters. The first-order valence-electron chi connectivity index (χ1n) is 17.9. The van der Waals surface area contributed by atoms with Gasteiger partial charge in [0.05, 0.1) is 11.0 Å². The van der Waals surface area contributed by atoms with Crippen LogP contribution in [0.1, 0.15) is 43.2 Å². The summed E-state index contributed by atoms with van der Waals surface area (Å²) < 4.78 is 8.81. The van der Waals surface area contributed by atoms with E-state index in [-0.39, 0.29) is 5.41 Å². The lowest BCUT2D eigenvalue weighted by Gasteiger charge is -2.61. The molecule has 13 rings (SSSR count). The normalized spacial score (nSPS) is 25.2. The first kappa shape index (κ1) is 25.9. The highest BCUT2D eigenvalue weighted by Gasteiger charge is 2.61. The molecule has 2 heterocycles. The average molecular weight is 618 g/mol. The van der Waals surface area contributed by atoms with Gasteiger partial charge in [0.1, 0.15) is 11.2 Å². The second-order valence-electron chi connectivity index (χ2n) is 15.3. The molecular formula is C46H35NO. The predicted molar refractivity (Wildman–Crippen MR) is 197 cm³/mol. The molecule has 2 nitrogen and oxygen atoms in total. The molecule has 5 aliphatic rings. The molecule has 2 heteroatoms. The number of benzene rings is 6. The van der Waals surface area contributed by atoms with E-state index >= 15 is 0 Å². The highest BCUT2D eigenvalue weighted by molar-refractivity contribution is 6.15. The number of hydrogen-bond donors (Lipinski definition) is 0. The number of furan rings is 1. The third kappa shape index (κ3) is 3.15. The number of aromatic nitrogens is 1. The summed E-state index contributed by atoms with van der Waals surface area (Å²) in [6.07, 6.45) is 7.07. The summed E-state index contributed by atoms with van der Waals surface area (Å²) in [6.45, 7) is 0. The van der Waals surface area contributed by atoms with Crippen LogP contribution in [0.15, 0.2) is 132 Å². The Balaban J connectivity index is 1.13.